The summed E-state index contributed by atoms with van der Waals surface area (Å²) in [6.07, 6.45) is 2.63. The molecule has 3 aromatic rings. The maximum absolute atomic E-state index is 12.3. The van der Waals surface area contributed by atoms with Gasteiger partial charge in [-0.3, -0.25) is 4.79 Å². The number of alkyl carbamates (subject to hydrolysis) is 1. The third-order valence-corrected chi connectivity index (χ3v) is 7.14. The summed E-state index contributed by atoms with van der Waals surface area (Å²) in [4.78, 5) is 35.7. The summed E-state index contributed by atoms with van der Waals surface area (Å²) >= 11 is 6.38. The number of carbonyl (C=O) groups is 2. The number of benzene rings is 2. The van der Waals surface area contributed by atoms with Crippen molar-refractivity contribution in [3.63, 3.8) is 0 Å². The molecule has 1 saturated heterocycles. The monoisotopic (exact) mass is 595 g/mol. The zero-order valence-electron chi connectivity index (χ0n) is 24.8. The van der Waals surface area contributed by atoms with Gasteiger partial charge in [0, 0.05) is 37.4 Å². The predicted octanol–water partition coefficient (Wildman–Crippen LogP) is 5.87. The molecule has 2 aromatic carbocycles. The summed E-state index contributed by atoms with van der Waals surface area (Å²) < 4.78 is 11.1. The Labute approximate surface area is 251 Å². The standard InChI is InChI=1S/C30H38ClN7O4/c1-29(2,3)42-28(40)37-30(4)13-15-38(16-14-30)19-11-12-23(24(17-19)41-6)35-27-33-18-21(31)25(36-27)34-22-10-8-7-9-20(22)26(39)32-5/h7-12,17-18H,13-16H2,1-6H3,(H,32,39)(H,37,40)(H2,33,34,35,36). The van der Waals surface area contributed by atoms with E-state index in [1.807, 2.05) is 52.0 Å². The van der Waals surface area contributed by atoms with Crippen molar-refractivity contribution in [1.29, 1.82) is 0 Å². The molecule has 224 valence electrons. The number of carbonyl (C=O) groups excluding carboxylic acids is 2. The van der Waals surface area contributed by atoms with Crippen molar-refractivity contribution >= 4 is 52.4 Å². The van der Waals surface area contributed by atoms with Crippen LogP contribution in [0.5, 0.6) is 5.75 Å². The first kappa shape index (κ1) is 30.7. The van der Waals surface area contributed by atoms with Crippen LogP contribution in [-0.2, 0) is 4.74 Å². The summed E-state index contributed by atoms with van der Waals surface area (Å²) in [7, 11) is 3.18. The summed E-state index contributed by atoms with van der Waals surface area (Å²) in [6, 6.07) is 13.0. The van der Waals surface area contributed by atoms with Crippen LogP contribution in [0.15, 0.2) is 48.7 Å². The van der Waals surface area contributed by atoms with Crippen LogP contribution >= 0.6 is 11.6 Å². The average Bonchev–Trinajstić information content (AvgIpc) is 2.94. The van der Waals surface area contributed by atoms with E-state index in [0.717, 1.165) is 31.6 Å². The molecule has 0 spiro atoms. The maximum Gasteiger partial charge on any atom is 0.408 e. The van der Waals surface area contributed by atoms with Crippen LogP contribution in [0.1, 0.15) is 50.9 Å². The molecule has 4 N–H and O–H groups in total. The van der Waals surface area contributed by atoms with Crippen LogP contribution in [0.2, 0.25) is 5.02 Å². The number of para-hydroxylation sites is 1. The molecule has 2 amide bonds. The Balaban J connectivity index is 1.45. The van der Waals surface area contributed by atoms with Crippen LogP contribution in [0.4, 0.5) is 33.6 Å². The number of piperidine rings is 1. The van der Waals surface area contributed by atoms with E-state index in [4.69, 9.17) is 21.1 Å². The number of rotatable bonds is 8. The van der Waals surface area contributed by atoms with Gasteiger partial charge in [0.2, 0.25) is 5.95 Å². The second kappa shape index (κ2) is 12.7. The second-order valence-electron chi connectivity index (χ2n) is 11.3. The van der Waals surface area contributed by atoms with Gasteiger partial charge in [-0.05, 0) is 64.8 Å². The van der Waals surface area contributed by atoms with E-state index in [2.05, 4.69) is 36.1 Å². The van der Waals surface area contributed by atoms with Gasteiger partial charge in [-0.25, -0.2) is 9.78 Å². The minimum absolute atomic E-state index is 0.232. The molecule has 0 bridgehead atoms. The van der Waals surface area contributed by atoms with E-state index in [0.29, 0.717) is 39.5 Å². The first-order valence-electron chi connectivity index (χ1n) is 13.7. The van der Waals surface area contributed by atoms with Crippen molar-refractivity contribution in [1.82, 2.24) is 20.6 Å². The highest BCUT2D eigenvalue weighted by Crippen LogP contribution is 2.35. The highest BCUT2D eigenvalue weighted by Gasteiger charge is 2.33. The predicted molar refractivity (Wildman–Crippen MR) is 166 cm³/mol. The molecule has 1 aliphatic rings. The van der Waals surface area contributed by atoms with Gasteiger partial charge in [0.25, 0.3) is 5.91 Å². The molecule has 2 heterocycles. The van der Waals surface area contributed by atoms with E-state index in [9.17, 15) is 9.59 Å². The van der Waals surface area contributed by atoms with Crippen molar-refractivity contribution in [2.24, 2.45) is 0 Å². The van der Waals surface area contributed by atoms with Gasteiger partial charge in [-0.15, -0.1) is 0 Å². The van der Waals surface area contributed by atoms with Gasteiger partial charge in [0.1, 0.15) is 16.4 Å². The van der Waals surface area contributed by atoms with E-state index in [-0.39, 0.29) is 11.4 Å². The summed E-state index contributed by atoms with van der Waals surface area (Å²) in [5.41, 5.74) is 1.81. The Morgan fingerprint density at radius 3 is 2.43 bits per heavy atom. The molecule has 4 rings (SSSR count). The number of nitrogens with one attached hydrogen (secondary N) is 4. The number of anilines is 5. The zero-order valence-corrected chi connectivity index (χ0v) is 25.6. The molecule has 42 heavy (non-hydrogen) atoms. The zero-order chi connectivity index (χ0) is 30.5. The molecule has 12 heteroatoms. The van der Waals surface area contributed by atoms with Crippen molar-refractivity contribution in [3.8, 4) is 5.75 Å². The van der Waals surface area contributed by atoms with Crippen LogP contribution in [0, 0.1) is 0 Å². The molecule has 0 atom stereocenters. The fraction of sp³-hybridized carbons (Fsp3) is 0.400. The van der Waals surface area contributed by atoms with Crippen LogP contribution in [-0.4, -0.2) is 60.4 Å². The van der Waals surface area contributed by atoms with Gasteiger partial charge < -0.3 is 35.6 Å². The van der Waals surface area contributed by atoms with Crippen molar-refractivity contribution < 1.29 is 19.1 Å². The number of aromatic nitrogens is 2. The molecule has 1 aliphatic heterocycles. The molecular formula is C30H38ClN7O4. The first-order valence-corrected chi connectivity index (χ1v) is 14.1. The molecular weight excluding hydrogens is 558 g/mol. The van der Waals surface area contributed by atoms with E-state index in [1.54, 1.807) is 32.4 Å². The Morgan fingerprint density at radius 1 is 1.05 bits per heavy atom. The summed E-state index contributed by atoms with van der Waals surface area (Å²) in [5, 5.41) is 12.3. The third kappa shape index (κ3) is 7.73. The normalized spacial score (nSPS) is 14.5. The van der Waals surface area contributed by atoms with Gasteiger partial charge in [-0.1, -0.05) is 23.7 Å². The van der Waals surface area contributed by atoms with Gasteiger partial charge in [0.05, 0.1) is 30.2 Å². The lowest BCUT2D eigenvalue weighted by molar-refractivity contribution is 0.0448. The SMILES string of the molecule is CNC(=O)c1ccccc1Nc1nc(Nc2ccc(N3CCC(C)(NC(=O)OC(C)(C)C)CC3)cc2OC)ncc1Cl. The smallest absolute Gasteiger partial charge is 0.408 e. The lowest BCUT2D eigenvalue weighted by Gasteiger charge is -2.41. The highest BCUT2D eigenvalue weighted by molar-refractivity contribution is 6.33. The largest absolute Gasteiger partial charge is 0.494 e. The van der Waals surface area contributed by atoms with Crippen LogP contribution in [0.25, 0.3) is 0 Å². The number of hydrogen-bond donors (Lipinski definition) is 4. The minimum Gasteiger partial charge on any atom is -0.494 e. The highest BCUT2D eigenvalue weighted by atomic mass is 35.5. The Hall–Kier alpha value is -4.25. The van der Waals surface area contributed by atoms with Crippen molar-refractivity contribution in [2.45, 2.75) is 51.7 Å². The van der Waals surface area contributed by atoms with Gasteiger partial charge >= 0.3 is 6.09 Å². The Bertz CT molecular complexity index is 1440. The number of amides is 2. The third-order valence-electron chi connectivity index (χ3n) is 6.86. The maximum atomic E-state index is 12.3. The number of ether oxygens (including phenoxy) is 2. The minimum atomic E-state index is -0.541. The molecule has 1 aromatic heterocycles. The molecule has 0 saturated carbocycles. The van der Waals surface area contributed by atoms with E-state index >= 15 is 0 Å². The average molecular weight is 596 g/mol. The van der Waals surface area contributed by atoms with E-state index in [1.165, 1.54) is 6.20 Å². The van der Waals surface area contributed by atoms with Crippen molar-refractivity contribution in [3.05, 3.63) is 59.2 Å². The number of nitrogens with zero attached hydrogens (tertiary/aromatic N) is 3. The van der Waals surface area contributed by atoms with Crippen molar-refractivity contribution in [2.75, 3.05) is 42.8 Å². The van der Waals surface area contributed by atoms with Gasteiger partial charge in [0.15, 0.2) is 5.82 Å². The molecule has 11 nitrogen and oxygen atoms in total. The number of methoxy groups -OCH3 is 1. The first-order chi connectivity index (χ1) is 19.9. The summed E-state index contributed by atoms with van der Waals surface area (Å²) in [5.74, 6) is 1.03. The number of hydrogen-bond acceptors (Lipinski definition) is 9. The fourth-order valence-electron chi connectivity index (χ4n) is 4.60. The number of halogens is 1. The topological polar surface area (TPSA) is 130 Å². The molecule has 0 unspecified atom stereocenters. The fourth-order valence-corrected chi connectivity index (χ4v) is 4.74. The Morgan fingerprint density at radius 2 is 1.76 bits per heavy atom. The van der Waals surface area contributed by atoms with Crippen LogP contribution < -0.4 is 30.9 Å². The van der Waals surface area contributed by atoms with E-state index < -0.39 is 11.7 Å². The molecule has 0 radical (unpaired) electrons. The van der Waals surface area contributed by atoms with Crippen LogP contribution in [0.3, 0.4) is 0 Å². The molecule has 1 fully saturated rings. The Kier molecular flexibility index (Phi) is 9.30. The molecule has 0 aliphatic carbocycles. The van der Waals surface area contributed by atoms with Gasteiger partial charge in [-0.2, -0.15) is 4.98 Å². The lowest BCUT2D eigenvalue weighted by Crippen LogP contribution is -2.54. The lowest BCUT2D eigenvalue weighted by atomic mass is 9.89. The second-order valence-corrected chi connectivity index (χ2v) is 11.7. The quantitative estimate of drug-likeness (QED) is 0.253. The summed E-state index contributed by atoms with van der Waals surface area (Å²) in [6.45, 7) is 9.13.